The SMILES string of the molecule is [O-][N+]1(CC[C@@H]2CCCc3c2cnn3-c2ccc(F)cc2)CCOCC1. The summed E-state index contributed by atoms with van der Waals surface area (Å²) in [7, 11) is 0. The number of morpholine rings is 1. The number of nitrogens with zero attached hydrogens (tertiary/aromatic N) is 3. The average molecular weight is 345 g/mol. The van der Waals surface area contributed by atoms with Gasteiger partial charge in [-0.2, -0.15) is 5.10 Å². The van der Waals surface area contributed by atoms with E-state index in [2.05, 4.69) is 5.10 Å². The van der Waals surface area contributed by atoms with Crippen molar-refractivity contribution in [1.82, 2.24) is 9.78 Å². The fourth-order valence-electron chi connectivity index (χ4n) is 4.04. The van der Waals surface area contributed by atoms with Gasteiger partial charge in [0, 0.05) is 12.1 Å². The molecule has 4 rings (SSSR count). The minimum absolute atomic E-state index is 0.127. The lowest BCUT2D eigenvalue weighted by atomic mass is 9.84. The van der Waals surface area contributed by atoms with E-state index in [1.54, 1.807) is 12.1 Å². The van der Waals surface area contributed by atoms with E-state index in [9.17, 15) is 9.60 Å². The molecule has 0 spiro atoms. The Balaban J connectivity index is 1.51. The van der Waals surface area contributed by atoms with E-state index < -0.39 is 0 Å². The number of hydrogen-bond acceptors (Lipinski definition) is 3. The number of aromatic nitrogens is 2. The predicted octanol–water partition coefficient (Wildman–Crippen LogP) is 3.17. The third kappa shape index (κ3) is 3.47. The third-order valence-corrected chi connectivity index (χ3v) is 5.55. The van der Waals surface area contributed by atoms with Crippen LogP contribution in [0.1, 0.15) is 36.4 Å². The first-order valence-electron chi connectivity index (χ1n) is 9.12. The van der Waals surface area contributed by atoms with Gasteiger partial charge in [0.25, 0.3) is 0 Å². The lowest BCUT2D eigenvalue weighted by Crippen LogP contribution is -2.51. The molecule has 0 radical (unpaired) electrons. The zero-order valence-corrected chi connectivity index (χ0v) is 14.4. The minimum Gasteiger partial charge on any atom is -0.633 e. The molecule has 2 aromatic rings. The van der Waals surface area contributed by atoms with E-state index >= 15 is 0 Å². The Morgan fingerprint density at radius 3 is 2.76 bits per heavy atom. The highest BCUT2D eigenvalue weighted by molar-refractivity contribution is 5.37. The average Bonchev–Trinajstić information content (AvgIpc) is 3.06. The van der Waals surface area contributed by atoms with E-state index in [0.717, 1.165) is 31.4 Å². The Morgan fingerprint density at radius 2 is 2.00 bits per heavy atom. The molecule has 1 aliphatic heterocycles. The van der Waals surface area contributed by atoms with Crippen LogP contribution in [0.25, 0.3) is 5.69 Å². The summed E-state index contributed by atoms with van der Waals surface area (Å²) in [4.78, 5) is 0. The largest absolute Gasteiger partial charge is 0.633 e. The molecule has 1 atom stereocenters. The fourth-order valence-corrected chi connectivity index (χ4v) is 4.04. The second-order valence-corrected chi connectivity index (χ2v) is 7.15. The molecule has 1 saturated heterocycles. The molecule has 0 saturated carbocycles. The Kier molecular flexibility index (Phi) is 4.58. The number of hydroxylamine groups is 3. The van der Waals surface area contributed by atoms with E-state index in [0.29, 0.717) is 38.8 Å². The lowest BCUT2D eigenvalue weighted by molar-refractivity contribution is -0.889. The first-order chi connectivity index (χ1) is 12.1. The van der Waals surface area contributed by atoms with Gasteiger partial charge in [0.1, 0.15) is 18.9 Å². The van der Waals surface area contributed by atoms with Crippen molar-refractivity contribution in [3.8, 4) is 5.69 Å². The number of hydrogen-bond donors (Lipinski definition) is 0. The van der Waals surface area contributed by atoms with Crippen LogP contribution in [-0.2, 0) is 11.2 Å². The van der Waals surface area contributed by atoms with E-state index in [-0.39, 0.29) is 10.5 Å². The van der Waals surface area contributed by atoms with Crippen molar-refractivity contribution in [1.29, 1.82) is 0 Å². The van der Waals surface area contributed by atoms with Gasteiger partial charge in [0.05, 0.1) is 31.6 Å². The second kappa shape index (κ2) is 6.86. The standard InChI is InChI=1S/C19H24FN3O2/c20-16-4-6-17(7-5-16)22-19-3-1-2-15(18(19)14-21-22)8-9-23(24)10-12-25-13-11-23/h4-7,14-15H,1-3,8-13H2/t15-/m0/s1. The maximum atomic E-state index is 13.2. The van der Waals surface area contributed by atoms with Gasteiger partial charge in [-0.1, -0.05) is 0 Å². The van der Waals surface area contributed by atoms with Crippen LogP contribution in [0.3, 0.4) is 0 Å². The molecule has 25 heavy (non-hydrogen) atoms. The quantitative estimate of drug-likeness (QED) is 0.632. The molecular weight excluding hydrogens is 321 g/mol. The molecule has 0 amide bonds. The molecule has 6 heteroatoms. The van der Waals surface area contributed by atoms with E-state index in [1.807, 2.05) is 10.9 Å². The van der Waals surface area contributed by atoms with E-state index in [4.69, 9.17) is 4.74 Å². The van der Waals surface area contributed by atoms with Crippen LogP contribution in [0.5, 0.6) is 0 Å². The van der Waals surface area contributed by atoms with Crippen LogP contribution < -0.4 is 0 Å². The summed E-state index contributed by atoms with van der Waals surface area (Å²) in [5, 5.41) is 17.3. The number of rotatable bonds is 4. The van der Waals surface area contributed by atoms with Crippen molar-refractivity contribution in [3.05, 3.63) is 52.7 Å². The Bertz CT molecular complexity index is 723. The number of benzene rings is 1. The molecule has 2 aliphatic rings. The van der Waals surface area contributed by atoms with Crippen molar-refractivity contribution in [2.45, 2.75) is 31.6 Å². The molecule has 2 heterocycles. The van der Waals surface area contributed by atoms with Gasteiger partial charge in [-0.05, 0) is 55.0 Å². The molecule has 1 aromatic carbocycles. The minimum atomic E-state index is -0.238. The van der Waals surface area contributed by atoms with Crippen LogP contribution in [0.15, 0.2) is 30.5 Å². The first kappa shape index (κ1) is 16.7. The van der Waals surface area contributed by atoms with Gasteiger partial charge >= 0.3 is 0 Å². The summed E-state index contributed by atoms with van der Waals surface area (Å²) < 4.78 is 20.3. The van der Waals surface area contributed by atoms with Crippen LogP contribution in [0.2, 0.25) is 0 Å². The summed E-state index contributed by atoms with van der Waals surface area (Å²) in [6.45, 7) is 2.92. The Morgan fingerprint density at radius 1 is 1.24 bits per heavy atom. The van der Waals surface area contributed by atoms with Crippen LogP contribution in [-0.4, -0.2) is 47.3 Å². The first-order valence-corrected chi connectivity index (χ1v) is 9.12. The monoisotopic (exact) mass is 345 g/mol. The normalized spacial score (nSPS) is 22.6. The topological polar surface area (TPSA) is 50.1 Å². The Hall–Kier alpha value is -1.76. The van der Waals surface area contributed by atoms with Gasteiger partial charge in [0.15, 0.2) is 0 Å². The van der Waals surface area contributed by atoms with Gasteiger partial charge < -0.3 is 14.6 Å². The smallest absolute Gasteiger partial charge is 0.123 e. The molecule has 1 aliphatic carbocycles. The summed E-state index contributed by atoms with van der Waals surface area (Å²) in [5.41, 5.74) is 3.36. The number of ether oxygens (including phenoxy) is 1. The summed E-state index contributed by atoms with van der Waals surface area (Å²) >= 11 is 0. The fraction of sp³-hybridized carbons (Fsp3) is 0.526. The molecule has 1 aromatic heterocycles. The van der Waals surface area contributed by atoms with Crippen molar-refractivity contribution >= 4 is 0 Å². The summed E-state index contributed by atoms with van der Waals surface area (Å²) in [5.74, 6) is 0.155. The summed E-state index contributed by atoms with van der Waals surface area (Å²) in [6, 6.07) is 6.45. The van der Waals surface area contributed by atoms with Crippen molar-refractivity contribution in [2.24, 2.45) is 0 Å². The second-order valence-electron chi connectivity index (χ2n) is 7.15. The van der Waals surface area contributed by atoms with Crippen molar-refractivity contribution in [2.75, 3.05) is 32.8 Å². The van der Waals surface area contributed by atoms with E-state index in [1.165, 1.54) is 23.4 Å². The maximum absolute atomic E-state index is 13.2. The molecular formula is C19H24FN3O2. The zero-order valence-electron chi connectivity index (χ0n) is 14.4. The predicted molar refractivity (Wildman–Crippen MR) is 92.9 cm³/mol. The van der Waals surface area contributed by atoms with Gasteiger partial charge in [-0.3, -0.25) is 0 Å². The zero-order chi connectivity index (χ0) is 17.3. The van der Waals surface area contributed by atoms with Gasteiger partial charge in [-0.15, -0.1) is 0 Å². The molecule has 5 nitrogen and oxygen atoms in total. The van der Waals surface area contributed by atoms with Crippen LogP contribution in [0.4, 0.5) is 4.39 Å². The third-order valence-electron chi connectivity index (χ3n) is 5.55. The molecule has 1 fully saturated rings. The number of fused-ring (bicyclic) bond motifs is 1. The molecule has 0 N–H and O–H groups in total. The number of halogens is 1. The lowest BCUT2D eigenvalue weighted by Gasteiger charge is -2.46. The molecule has 134 valence electrons. The molecule has 0 bridgehead atoms. The molecule has 0 unspecified atom stereocenters. The van der Waals surface area contributed by atoms with Crippen molar-refractivity contribution in [3.63, 3.8) is 0 Å². The summed E-state index contributed by atoms with van der Waals surface area (Å²) in [6.07, 6.45) is 6.03. The van der Waals surface area contributed by atoms with Crippen LogP contribution in [0, 0.1) is 11.0 Å². The van der Waals surface area contributed by atoms with Crippen LogP contribution >= 0.6 is 0 Å². The maximum Gasteiger partial charge on any atom is 0.123 e. The highest BCUT2D eigenvalue weighted by Gasteiger charge is 2.28. The number of quaternary nitrogens is 1. The Labute approximate surface area is 147 Å². The van der Waals surface area contributed by atoms with Gasteiger partial charge in [0.2, 0.25) is 0 Å². The highest BCUT2D eigenvalue weighted by atomic mass is 19.1. The highest BCUT2D eigenvalue weighted by Crippen LogP contribution is 2.35. The van der Waals surface area contributed by atoms with Gasteiger partial charge in [-0.25, -0.2) is 9.07 Å². The van der Waals surface area contributed by atoms with Crippen molar-refractivity contribution < 1.29 is 13.8 Å².